The smallest absolute Gasteiger partial charge is 0.462 e. The minimum Gasteiger partial charge on any atom is -0.462 e. The Morgan fingerprint density at radius 2 is 0.891 bits per heavy atom. The summed E-state index contributed by atoms with van der Waals surface area (Å²) in [4.78, 5) is 35.5. The van der Waals surface area contributed by atoms with E-state index in [1.54, 1.807) is 0 Å². The molecule has 0 aromatic rings. The highest BCUT2D eigenvalue weighted by molar-refractivity contribution is 7.47. The van der Waals surface area contributed by atoms with Gasteiger partial charge in [0.25, 0.3) is 0 Å². The number of ether oxygens (including phenoxy) is 2. The average molecular weight is 915 g/mol. The van der Waals surface area contributed by atoms with Crippen LogP contribution in [0.2, 0.25) is 0 Å². The molecule has 0 aliphatic heterocycles. The van der Waals surface area contributed by atoms with Gasteiger partial charge >= 0.3 is 19.8 Å². The quantitative estimate of drug-likeness (QED) is 0.0212. The molecule has 0 spiro atoms. The Balaban J connectivity index is 4.38. The van der Waals surface area contributed by atoms with Crippen molar-refractivity contribution < 1.29 is 42.1 Å². The van der Waals surface area contributed by atoms with E-state index in [-0.39, 0.29) is 32.0 Å². The van der Waals surface area contributed by atoms with Gasteiger partial charge < -0.3 is 18.9 Å². The van der Waals surface area contributed by atoms with Gasteiger partial charge in [-0.25, -0.2) is 4.57 Å². The van der Waals surface area contributed by atoms with Crippen LogP contribution >= 0.6 is 7.82 Å². The Kier molecular flexibility index (Phi) is 42.9. The van der Waals surface area contributed by atoms with Crippen LogP contribution in [0, 0.1) is 0 Å². The molecule has 0 aromatic heterocycles. The van der Waals surface area contributed by atoms with E-state index in [0.29, 0.717) is 17.4 Å². The van der Waals surface area contributed by atoms with Crippen molar-refractivity contribution in [3.05, 3.63) is 97.2 Å². The molecule has 1 N–H and O–H groups in total. The number of hydrogen-bond donors (Lipinski definition) is 1. The molecule has 0 rings (SSSR count). The van der Waals surface area contributed by atoms with Gasteiger partial charge in [0.05, 0.1) is 27.7 Å². The van der Waals surface area contributed by atoms with Gasteiger partial charge in [0.2, 0.25) is 0 Å². The summed E-state index contributed by atoms with van der Waals surface area (Å²) in [6.07, 6.45) is 60.3. The molecule has 10 heteroatoms. The predicted octanol–water partition coefficient (Wildman–Crippen LogP) is 14.9. The van der Waals surface area contributed by atoms with Crippen LogP contribution in [0.3, 0.4) is 0 Å². The molecule has 0 aliphatic carbocycles. The molecule has 0 fully saturated rings. The summed E-state index contributed by atoms with van der Waals surface area (Å²) in [6, 6.07) is 0. The first-order valence-corrected chi connectivity index (χ1v) is 26.5. The maximum atomic E-state index is 12.7. The van der Waals surface area contributed by atoms with Gasteiger partial charge in [0, 0.05) is 12.8 Å². The number of phosphoric acid groups is 1. The Labute approximate surface area is 392 Å². The highest BCUT2D eigenvalue weighted by Gasteiger charge is 2.27. The Bertz CT molecular complexity index is 1400. The van der Waals surface area contributed by atoms with Gasteiger partial charge in [-0.3, -0.25) is 18.6 Å². The van der Waals surface area contributed by atoms with Crippen molar-refractivity contribution >= 4 is 19.8 Å². The fourth-order valence-corrected chi connectivity index (χ4v) is 6.96. The molecule has 2 unspecified atom stereocenters. The number of unbranched alkanes of at least 4 members (excludes halogenated alkanes) is 14. The molecule has 0 amide bonds. The van der Waals surface area contributed by atoms with E-state index in [1.165, 1.54) is 44.9 Å². The van der Waals surface area contributed by atoms with E-state index in [1.807, 2.05) is 21.1 Å². The number of hydrogen-bond acceptors (Lipinski definition) is 7. The van der Waals surface area contributed by atoms with Crippen LogP contribution in [-0.2, 0) is 32.7 Å². The molecule has 0 bridgehead atoms. The van der Waals surface area contributed by atoms with Gasteiger partial charge in [-0.15, -0.1) is 0 Å². The molecule has 0 aromatic carbocycles. The zero-order chi connectivity index (χ0) is 47.1. The molecule has 9 nitrogen and oxygen atoms in total. The molecule has 2 atom stereocenters. The van der Waals surface area contributed by atoms with E-state index in [9.17, 15) is 19.0 Å². The van der Waals surface area contributed by atoms with Gasteiger partial charge in [0.15, 0.2) is 6.10 Å². The Morgan fingerprint density at radius 1 is 0.500 bits per heavy atom. The SMILES string of the molecule is CC/C=C\C/C=C\C/C=C\C/C=C\C/C=C\C/C=C\C/C=C\CCCCCC(=O)OC(COC(=O)CCCCCCC/C=C\CCCCCCCC)COP(=O)(O)OCC[N+](C)(C)C. The average Bonchev–Trinajstić information content (AvgIpc) is 3.25. The maximum Gasteiger partial charge on any atom is 0.472 e. The van der Waals surface area contributed by atoms with Crippen LogP contribution in [0.1, 0.15) is 181 Å². The first kappa shape index (κ1) is 60.9. The Hall–Kier alpha value is -3.07. The fourth-order valence-electron chi connectivity index (χ4n) is 6.22. The number of carbonyl (C=O) groups is 2. The van der Waals surface area contributed by atoms with Crippen molar-refractivity contribution in [1.82, 2.24) is 0 Å². The van der Waals surface area contributed by atoms with E-state index in [4.69, 9.17) is 18.5 Å². The van der Waals surface area contributed by atoms with Crippen LogP contribution in [0.25, 0.3) is 0 Å². The lowest BCUT2D eigenvalue weighted by Gasteiger charge is -2.24. The van der Waals surface area contributed by atoms with E-state index in [0.717, 1.165) is 103 Å². The van der Waals surface area contributed by atoms with Crippen LogP contribution in [0.4, 0.5) is 0 Å². The summed E-state index contributed by atoms with van der Waals surface area (Å²) in [7, 11) is 1.43. The second-order valence-corrected chi connectivity index (χ2v) is 18.9. The zero-order valence-corrected chi connectivity index (χ0v) is 42.1. The minimum atomic E-state index is -4.40. The number of likely N-dealkylation sites (N-methyl/N-ethyl adjacent to an activating group) is 1. The minimum absolute atomic E-state index is 0.0182. The third-order valence-corrected chi connectivity index (χ3v) is 11.1. The van der Waals surface area contributed by atoms with Crippen LogP contribution < -0.4 is 0 Å². The highest BCUT2D eigenvalue weighted by atomic mass is 31.2. The molecular formula is C54H93NO8P+. The number of nitrogens with zero attached hydrogens (tertiary/aromatic N) is 1. The van der Waals surface area contributed by atoms with Gasteiger partial charge in [-0.1, -0.05) is 169 Å². The molecule has 64 heavy (non-hydrogen) atoms. The van der Waals surface area contributed by atoms with Gasteiger partial charge in [-0.05, 0) is 96.3 Å². The lowest BCUT2D eigenvalue weighted by atomic mass is 10.1. The second-order valence-electron chi connectivity index (χ2n) is 17.5. The van der Waals surface area contributed by atoms with E-state index in [2.05, 4.69) is 111 Å². The lowest BCUT2D eigenvalue weighted by Crippen LogP contribution is -2.37. The summed E-state index contributed by atoms with van der Waals surface area (Å²) in [5.41, 5.74) is 0. The first-order chi connectivity index (χ1) is 31.0. The highest BCUT2D eigenvalue weighted by Crippen LogP contribution is 2.43. The molecule has 0 saturated carbocycles. The summed E-state index contributed by atoms with van der Waals surface area (Å²) in [5.74, 6) is -0.854. The molecule has 366 valence electrons. The zero-order valence-electron chi connectivity index (χ0n) is 41.2. The van der Waals surface area contributed by atoms with Crippen molar-refractivity contribution in [3.8, 4) is 0 Å². The first-order valence-electron chi connectivity index (χ1n) is 25.0. The third kappa shape index (κ3) is 48.4. The molecule has 0 saturated heterocycles. The normalized spacial score (nSPS) is 14.3. The third-order valence-electron chi connectivity index (χ3n) is 10.1. The summed E-state index contributed by atoms with van der Waals surface area (Å²) in [5, 5.41) is 0. The predicted molar refractivity (Wildman–Crippen MR) is 270 cm³/mol. The number of carbonyl (C=O) groups excluding carboxylic acids is 2. The Morgan fingerprint density at radius 3 is 1.36 bits per heavy atom. The number of esters is 2. The van der Waals surface area contributed by atoms with Gasteiger partial charge in [0.1, 0.15) is 19.8 Å². The van der Waals surface area contributed by atoms with Crippen molar-refractivity contribution in [2.45, 2.75) is 187 Å². The van der Waals surface area contributed by atoms with Crippen molar-refractivity contribution in [3.63, 3.8) is 0 Å². The number of quaternary nitrogens is 1. The van der Waals surface area contributed by atoms with Gasteiger partial charge in [-0.2, -0.15) is 0 Å². The van der Waals surface area contributed by atoms with Crippen LogP contribution in [0.5, 0.6) is 0 Å². The monoisotopic (exact) mass is 915 g/mol. The second kappa shape index (κ2) is 45.1. The number of rotatable bonds is 44. The standard InChI is InChI=1S/C54H92NO8P/c1-6-8-10-12-14-16-18-20-22-23-24-25-26-27-28-29-30-31-33-35-37-39-41-43-45-47-54(57)63-52(51-62-64(58,59)61-49-48-55(3,4)5)50-60-53(56)46-44-42-40-38-36-34-32-21-19-17-15-13-11-9-7-2/h8,10,14,16,20-22,24-25,27-28,30-32,35,37,52H,6-7,9,11-13,15,17-19,23,26,29,33-34,36,38-51H2,1-5H3/p+1/b10-8-,16-14-,22-20-,25-24-,28-27-,31-30-,32-21-,37-35-. The molecular weight excluding hydrogens is 822 g/mol. The molecule has 0 radical (unpaired) electrons. The largest absolute Gasteiger partial charge is 0.472 e. The summed E-state index contributed by atoms with van der Waals surface area (Å²) in [6.45, 7) is 4.24. The summed E-state index contributed by atoms with van der Waals surface area (Å²) >= 11 is 0. The van der Waals surface area contributed by atoms with Crippen LogP contribution in [-0.4, -0.2) is 74.9 Å². The van der Waals surface area contributed by atoms with Crippen molar-refractivity contribution in [2.24, 2.45) is 0 Å². The topological polar surface area (TPSA) is 108 Å². The number of allylic oxidation sites excluding steroid dienone is 16. The number of phosphoric ester groups is 1. The fraction of sp³-hybridized carbons (Fsp3) is 0.667. The molecule has 0 aliphatic rings. The van der Waals surface area contributed by atoms with Crippen LogP contribution in [0.15, 0.2) is 97.2 Å². The van der Waals surface area contributed by atoms with E-state index < -0.39 is 26.5 Å². The van der Waals surface area contributed by atoms with Crippen molar-refractivity contribution in [2.75, 3.05) is 47.5 Å². The van der Waals surface area contributed by atoms with Crippen molar-refractivity contribution in [1.29, 1.82) is 0 Å². The maximum absolute atomic E-state index is 12.7. The lowest BCUT2D eigenvalue weighted by molar-refractivity contribution is -0.870. The van der Waals surface area contributed by atoms with E-state index >= 15 is 0 Å². The molecule has 0 heterocycles. The summed E-state index contributed by atoms with van der Waals surface area (Å²) < 4.78 is 34.4.